The van der Waals surface area contributed by atoms with Crippen molar-refractivity contribution in [3.05, 3.63) is 59.7 Å². The van der Waals surface area contributed by atoms with Crippen LogP contribution in [0, 0.1) is 5.82 Å². The Bertz CT molecular complexity index is 856. The van der Waals surface area contributed by atoms with Crippen LogP contribution < -0.4 is 5.43 Å². The maximum absolute atomic E-state index is 13.6. The lowest BCUT2D eigenvalue weighted by molar-refractivity contribution is -0.136. The van der Waals surface area contributed by atoms with Gasteiger partial charge in [-0.3, -0.25) is 15.2 Å². The van der Waals surface area contributed by atoms with Crippen molar-refractivity contribution in [3.63, 3.8) is 0 Å². The number of hydrazone groups is 1. The maximum Gasteiger partial charge on any atom is 0.224 e. The lowest BCUT2D eigenvalue weighted by atomic mass is 9.88. The van der Waals surface area contributed by atoms with Crippen LogP contribution in [0.2, 0.25) is 0 Å². The first-order valence-corrected chi connectivity index (χ1v) is 8.62. The number of aromatic nitrogens is 1. The van der Waals surface area contributed by atoms with Crippen molar-refractivity contribution in [2.75, 3.05) is 6.54 Å². The zero-order valence-electron chi connectivity index (χ0n) is 14.1. The summed E-state index contributed by atoms with van der Waals surface area (Å²) in [4.78, 5) is 18.5. The molecule has 134 valence electrons. The summed E-state index contributed by atoms with van der Waals surface area (Å²) >= 11 is 0. The van der Waals surface area contributed by atoms with Crippen molar-refractivity contribution in [1.82, 2.24) is 15.3 Å². The average Bonchev–Trinajstić information content (AvgIpc) is 3.14. The molecule has 1 saturated heterocycles. The molecule has 2 N–H and O–H groups in total. The first-order valence-electron chi connectivity index (χ1n) is 8.62. The Balaban J connectivity index is 1.40. The van der Waals surface area contributed by atoms with Crippen LogP contribution in [0.1, 0.15) is 36.3 Å². The van der Waals surface area contributed by atoms with E-state index >= 15 is 0 Å². The Hall–Kier alpha value is -2.96. The van der Waals surface area contributed by atoms with Gasteiger partial charge in [-0.1, -0.05) is 6.07 Å². The molecule has 2 atom stereocenters. The fourth-order valence-electron chi connectivity index (χ4n) is 3.57. The van der Waals surface area contributed by atoms with Crippen LogP contribution in [0.25, 0.3) is 0 Å². The van der Waals surface area contributed by atoms with E-state index in [2.05, 4.69) is 15.5 Å². The maximum atomic E-state index is 13.6. The van der Waals surface area contributed by atoms with Crippen LogP contribution >= 0.6 is 0 Å². The Kier molecular flexibility index (Phi) is 4.28. The smallest absolute Gasteiger partial charge is 0.224 e. The number of benzene rings is 1. The molecule has 0 spiro atoms. The van der Waals surface area contributed by atoms with E-state index < -0.39 is 5.82 Å². The van der Waals surface area contributed by atoms with Crippen LogP contribution in [0.3, 0.4) is 0 Å². The number of amides is 1. The summed E-state index contributed by atoms with van der Waals surface area (Å²) in [5, 5.41) is 13.7. The summed E-state index contributed by atoms with van der Waals surface area (Å²) < 4.78 is 13.6. The highest BCUT2D eigenvalue weighted by Crippen LogP contribution is 2.32. The molecule has 0 aliphatic carbocycles. The molecule has 2 aromatic rings. The fraction of sp³-hybridized carbons (Fsp3) is 0.316. The zero-order chi connectivity index (χ0) is 18.1. The SMILES string of the molecule is O=C1CC(c2ccc(O)c(F)c2)CCN1C1CC(c2ccncc2)=NN1. The minimum Gasteiger partial charge on any atom is -0.505 e. The molecule has 1 aromatic carbocycles. The van der Waals surface area contributed by atoms with E-state index in [4.69, 9.17) is 0 Å². The standard InChI is InChI=1S/C19H19FN4O2/c20-15-9-13(1-2-17(15)25)14-5-8-24(19(26)10-14)18-11-16(22-23-18)12-3-6-21-7-4-12/h1-4,6-7,9,14,18,23,25H,5,8,10-11H2. The van der Waals surface area contributed by atoms with Gasteiger partial charge >= 0.3 is 0 Å². The van der Waals surface area contributed by atoms with Gasteiger partial charge in [-0.05, 0) is 42.2 Å². The van der Waals surface area contributed by atoms with Gasteiger partial charge in [0.25, 0.3) is 0 Å². The average molecular weight is 354 g/mol. The number of aromatic hydroxyl groups is 1. The number of nitrogens with zero attached hydrogens (tertiary/aromatic N) is 3. The first kappa shape index (κ1) is 16.5. The van der Waals surface area contributed by atoms with Gasteiger partial charge < -0.3 is 10.0 Å². The number of likely N-dealkylation sites (tertiary alicyclic amines) is 1. The summed E-state index contributed by atoms with van der Waals surface area (Å²) in [6.45, 7) is 0.586. The molecule has 3 heterocycles. The van der Waals surface area contributed by atoms with E-state index in [1.807, 2.05) is 17.0 Å². The highest BCUT2D eigenvalue weighted by Gasteiger charge is 2.34. The van der Waals surface area contributed by atoms with Crippen LogP contribution in [0.15, 0.2) is 47.8 Å². The summed E-state index contributed by atoms with van der Waals surface area (Å²) in [5.41, 5.74) is 5.71. The molecule has 2 aliphatic heterocycles. The number of pyridine rings is 1. The third-order valence-electron chi connectivity index (χ3n) is 5.03. The number of rotatable bonds is 3. The molecule has 0 bridgehead atoms. The topological polar surface area (TPSA) is 77.8 Å². The van der Waals surface area contributed by atoms with Crippen molar-refractivity contribution in [3.8, 4) is 5.75 Å². The lowest BCUT2D eigenvalue weighted by Crippen LogP contribution is -2.49. The van der Waals surface area contributed by atoms with Crippen LogP contribution in [-0.2, 0) is 4.79 Å². The minimum atomic E-state index is -0.648. The lowest BCUT2D eigenvalue weighted by Gasteiger charge is -2.35. The molecule has 1 amide bonds. The Morgan fingerprint density at radius 2 is 2.00 bits per heavy atom. The summed E-state index contributed by atoms with van der Waals surface area (Å²) in [7, 11) is 0. The second-order valence-corrected chi connectivity index (χ2v) is 6.63. The van der Waals surface area contributed by atoms with E-state index in [1.54, 1.807) is 18.5 Å². The fourth-order valence-corrected chi connectivity index (χ4v) is 3.57. The molecular weight excluding hydrogens is 335 g/mol. The predicted molar refractivity (Wildman–Crippen MR) is 94.1 cm³/mol. The second-order valence-electron chi connectivity index (χ2n) is 6.63. The van der Waals surface area contributed by atoms with Gasteiger partial charge in [0.05, 0.1) is 5.71 Å². The normalized spacial score (nSPS) is 22.9. The third-order valence-corrected chi connectivity index (χ3v) is 5.03. The van der Waals surface area contributed by atoms with Crippen molar-refractivity contribution in [2.45, 2.75) is 31.3 Å². The number of phenolic OH excluding ortho intramolecular Hbond substituents is 1. The monoisotopic (exact) mass is 354 g/mol. The van der Waals surface area contributed by atoms with E-state index in [1.165, 1.54) is 12.1 Å². The van der Waals surface area contributed by atoms with Crippen molar-refractivity contribution < 1.29 is 14.3 Å². The van der Waals surface area contributed by atoms with Crippen LogP contribution in [-0.4, -0.2) is 39.3 Å². The molecule has 4 rings (SSSR count). The number of carbonyl (C=O) groups is 1. The number of halogens is 1. The molecule has 2 unspecified atom stereocenters. The molecule has 7 heteroatoms. The number of carbonyl (C=O) groups excluding carboxylic acids is 1. The summed E-state index contributed by atoms with van der Waals surface area (Å²) in [5.74, 6) is -1.02. The third kappa shape index (κ3) is 3.12. The van der Waals surface area contributed by atoms with Gasteiger partial charge in [0, 0.05) is 37.3 Å². The zero-order valence-corrected chi connectivity index (χ0v) is 14.1. The van der Waals surface area contributed by atoms with Gasteiger partial charge in [0.2, 0.25) is 5.91 Å². The number of hydrogen-bond acceptors (Lipinski definition) is 5. The van der Waals surface area contributed by atoms with Gasteiger partial charge in [-0.2, -0.15) is 5.10 Å². The Morgan fingerprint density at radius 1 is 1.19 bits per heavy atom. The molecule has 2 aliphatic rings. The largest absolute Gasteiger partial charge is 0.505 e. The van der Waals surface area contributed by atoms with E-state index in [-0.39, 0.29) is 23.7 Å². The molecule has 1 fully saturated rings. The quantitative estimate of drug-likeness (QED) is 0.887. The van der Waals surface area contributed by atoms with Gasteiger partial charge in [-0.25, -0.2) is 4.39 Å². The minimum absolute atomic E-state index is 0.0263. The first-order chi connectivity index (χ1) is 12.6. The van der Waals surface area contributed by atoms with E-state index in [9.17, 15) is 14.3 Å². The number of hydrogen-bond donors (Lipinski definition) is 2. The van der Waals surface area contributed by atoms with Crippen molar-refractivity contribution >= 4 is 11.6 Å². The van der Waals surface area contributed by atoms with Gasteiger partial charge in [0.1, 0.15) is 6.17 Å². The highest BCUT2D eigenvalue weighted by molar-refractivity contribution is 6.01. The Morgan fingerprint density at radius 3 is 2.73 bits per heavy atom. The molecule has 0 saturated carbocycles. The molecular formula is C19H19FN4O2. The van der Waals surface area contributed by atoms with Crippen LogP contribution in [0.4, 0.5) is 4.39 Å². The van der Waals surface area contributed by atoms with E-state index in [0.717, 1.165) is 23.3 Å². The summed E-state index contributed by atoms with van der Waals surface area (Å²) in [6, 6.07) is 8.15. The number of piperidine rings is 1. The van der Waals surface area contributed by atoms with Crippen LogP contribution in [0.5, 0.6) is 5.75 Å². The molecule has 0 radical (unpaired) electrons. The predicted octanol–water partition coefficient (Wildman–Crippen LogP) is 2.36. The number of phenols is 1. The molecule has 1 aromatic heterocycles. The second kappa shape index (κ2) is 6.74. The Labute approximate surface area is 150 Å². The molecule has 6 nitrogen and oxygen atoms in total. The molecule has 26 heavy (non-hydrogen) atoms. The van der Waals surface area contributed by atoms with Gasteiger partial charge in [-0.15, -0.1) is 0 Å². The highest BCUT2D eigenvalue weighted by atomic mass is 19.1. The van der Waals surface area contributed by atoms with Crippen molar-refractivity contribution in [2.24, 2.45) is 5.10 Å². The number of nitrogens with one attached hydrogen (secondary N) is 1. The van der Waals surface area contributed by atoms with E-state index in [0.29, 0.717) is 19.4 Å². The van der Waals surface area contributed by atoms with Crippen molar-refractivity contribution in [1.29, 1.82) is 0 Å². The van der Waals surface area contributed by atoms with Gasteiger partial charge in [0.15, 0.2) is 11.6 Å². The summed E-state index contributed by atoms with van der Waals surface area (Å²) in [6.07, 6.45) is 5.01.